The molecular formula is C23H17Cl2F3N4O2. The molecule has 1 unspecified atom stereocenters. The zero-order valence-corrected chi connectivity index (χ0v) is 19.2. The van der Waals surface area contributed by atoms with Crippen LogP contribution >= 0.6 is 23.2 Å². The molecule has 0 aliphatic carbocycles. The molecule has 1 atom stereocenters. The molecule has 34 heavy (non-hydrogen) atoms. The van der Waals surface area contributed by atoms with Crippen LogP contribution in [0.15, 0.2) is 53.9 Å². The van der Waals surface area contributed by atoms with Crippen LogP contribution in [0.5, 0.6) is 0 Å². The molecule has 0 radical (unpaired) electrons. The third-order valence-corrected chi connectivity index (χ3v) is 5.82. The minimum atomic E-state index is -4.83. The van der Waals surface area contributed by atoms with Crippen LogP contribution in [-0.4, -0.2) is 32.6 Å². The van der Waals surface area contributed by atoms with Crippen LogP contribution in [0.25, 0.3) is 0 Å². The highest BCUT2D eigenvalue weighted by Gasteiger charge is 2.62. The Kier molecular flexibility index (Phi) is 6.60. The Bertz CT molecular complexity index is 1250. The summed E-state index contributed by atoms with van der Waals surface area (Å²) in [6.07, 6.45) is -1.94. The number of halogens is 5. The lowest BCUT2D eigenvalue weighted by atomic mass is 9.88. The summed E-state index contributed by atoms with van der Waals surface area (Å²) in [5.41, 5.74) is -1.80. The van der Waals surface area contributed by atoms with Gasteiger partial charge < -0.3 is 4.84 Å². The van der Waals surface area contributed by atoms with Gasteiger partial charge in [-0.15, -0.1) is 0 Å². The van der Waals surface area contributed by atoms with Crippen LogP contribution in [0.4, 0.5) is 13.2 Å². The van der Waals surface area contributed by atoms with Gasteiger partial charge in [0.05, 0.1) is 17.7 Å². The fourth-order valence-electron chi connectivity index (χ4n) is 3.61. The second-order valence-electron chi connectivity index (χ2n) is 7.73. The van der Waals surface area contributed by atoms with Crippen molar-refractivity contribution in [1.29, 1.82) is 0 Å². The van der Waals surface area contributed by atoms with Gasteiger partial charge in [-0.25, -0.2) is 9.97 Å². The van der Waals surface area contributed by atoms with Gasteiger partial charge in [-0.3, -0.25) is 9.78 Å². The van der Waals surface area contributed by atoms with E-state index in [1.165, 1.54) is 12.3 Å². The van der Waals surface area contributed by atoms with Crippen molar-refractivity contribution >= 4 is 34.7 Å². The molecule has 3 aromatic rings. The third kappa shape index (κ3) is 4.76. The first-order valence-electron chi connectivity index (χ1n) is 10.1. The number of hydrogen-bond donors (Lipinski definition) is 0. The van der Waals surface area contributed by atoms with E-state index in [-0.39, 0.29) is 44.9 Å². The molecule has 1 aliphatic rings. The number of carbonyl (C=O) groups is 1. The predicted molar refractivity (Wildman–Crippen MR) is 120 cm³/mol. The molecule has 4 rings (SSSR count). The van der Waals surface area contributed by atoms with Crippen molar-refractivity contribution < 1.29 is 22.8 Å². The Morgan fingerprint density at radius 2 is 1.88 bits per heavy atom. The lowest BCUT2D eigenvalue weighted by Gasteiger charge is -2.29. The van der Waals surface area contributed by atoms with Gasteiger partial charge in [0.15, 0.2) is 11.6 Å². The van der Waals surface area contributed by atoms with E-state index in [4.69, 9.17) is 28.0 Å². The quantitative estimate of drug-likeness (QED) is 0.388. The average Bonchev–Trinajstić information content (AvgIpc) is 3.25. The van der Waals surface area contributed by atoms with Crippen molar-refractivity contribution in [3.63, 3.8) is 0 Å². The molecule has 176 valence electrons. The van der Waals surface area contributed by atoms with Crippen molar-refractivity contribution in [1.82, 2.24) is 15.0 Å². The first-order chi connectivity index (χ1) is 16.1. The number of benzene rings is 1. The number of ketones is 1. The Hall–Kier alpha value is -3.04. The molecule has 0 bridgehead atoms. The van der Waals surface area contributed by atoms with Crippen LogP contribution in [0.1, 0.15) is 46.0 Å². The lowest BCUT2D eigenvalue weighted by molar-refractivity contribution is -0.275. The molecule has 0 N–H and O–H groups in total. The first kappa shape index (κ1) is 24.1. The maximum atomic E-state index is 14.2. The van der Waals surface area contributed by atoms with E-state index < -0.39 is 18.2 Å². The van der Waals surface area contributed by atoms with Crippen LogP contribution in [0.2, 0.25) is 10.0 Å². The largest absolute Gasteiger partial charge is 0.435 e. The molecule has 1 aromatic carbocycles. The summed E-state index contributed by atoms with van der Waals surface area (Å²) in [7, 11) is 0. The first-order valence-corrected chi connectivity index (χ1v) is 10.9. The minimum Gasteiger partial charge on any atom is -0.374 e. The summed E-state index contributed by atoms with van der Waals surface area (Å²) < 4.78 is 42.5. The summed E-state index contributed by atoms with van der Waals surface area (Å²) in [5, 5.41) is 3.71. The van der Waals surface area contributed by atoms with Gasteiger partial charge >= 0.3 is 6.18 Å². The average molecular weight is 509 g/mol. The fourth-order valence-corrected chi connectivity index (χ4v) is 4.14. The van der Waals surface area contributed by atoms with Crippen molar-refractivity contribution in [2.45, 2.75) is 38.0 Å². The fraction of sp³-hybridized carbons (Fsp3) is 0.261. The second kappa shape index (κ2) is 9.31. The van der Waals surface area contributed by atoms with E-state index in [1.54, 1.807) is 19.2 Å². The number of carbonyl (C=O) groups excluding carboxylic acids is 1. The lowest BCUT2D eigenvalue weighted by Crippen LogP contribution is -2.42. The highest BCUT2D eigenvalue weighted by atomic mass is 35.5. The zero-order valence-electron chi connectivity index (χ0n) is 17.7. The summed E-state index contributed by atoms with van der Waals surface area (Å²) in [6, 6.07) is 9.02. The van der Waals surface area contributed by atoms with Crippen LogP contribution < -0.4 is 0 Å². The van der Waals surface area contributed by atoms with Crippen molar-refractivity contribution in [3.05, 3.63) is 87.2 Å². The number of aromatic nitrogens is 3. The number of nitrogens with zero attached hydrogens (tertiary/aromatic N) is 4. The van der Waals surface area contributed by atoms with Gasteiger partial charge in [0.2, 0.25) is 0 Å². The summed E-state index contributed by atoms with van der Waals surface area (Å²) in [5.74, 6) is -0.254. The van der Waals surface area contributed by atoms with E-state index in [0.29, 0.717) is 12.1 Å². The number of pyridine rings is 1. The monoisotopic (exact) mass is 508 g/mol. The van der Waals surface area contributed by atoms with Crippen molar-refractivity contribution in [2.75, 3.05) is 0 Å². The molecule has 1 aliphatic heterocycles. The highest BCUT2D eigenvalue weighted by molar-refractivity contribution is 6.34. The van der Waals surface area contributed by atoms with Crippen molar-refractivity contribution in [3.8, 4) is 0 Å². The van der Waals surface area contributed by atoms with Gasteiger partial charge in [0.25, 0.3) is 5.60 Å². The zero-order chi connectivity index (χ0) is 24.5. The Morgan fingerprint density at radius 3 is 2.50 bits per heavy atom. The van der Waals surface area contributed by atoms with E-state index in [2.05, 4.69) is 20.1 Å². The summed E-state index contributed by atoms with van der Waals surface area (Å²) in [6.45, 7) is 1.59. The maximum Gasteiger partial charge on any atom is 0.435 e. The molecule has 0 fully saturated rings. The maximum absolute atomic E-state index is 14.2. The van der Waals surface area contributed by atoms with Crippen LogP contribution in [0.3, 0.4) is 0 Å². The molecule has 3 heterocycles. The standard InChI is InChI=1S/C23H17Cl2F3N4O2/c1-13-18(20(33)6-5-17-4-2-3-7-29-17)12-30-21(31-13)19-11-22(34-32-19,23(26,27)28)14-8-15(24)10-16(25)9-14/h2-4,7-10,12H,5-6,11H2,1H3. The molecule has 0 saturated heterocycles. The topological polar surface area (TPSA) is 77.3 Å². The predicted octanol–water partition coefficient (Wildman–Crippen LogP) is 5.88. The molecule has 6 nitrogen and oxygen atoms in total. The number of rotatable bonds is 6. The highest BCUT2D eigenvalue weighted by Crippen LogP contribution is 2.49. The van der Waals surface area contributed by atoms with Gasteiger partial charge in [0.1, 0.15) is 5.71 Å². The molecule has 11 heteroatoms. The van der Waals surface area contributed by atoms with E-state index in [9.17, 15) is 18.0 Å². The number of Topliss-reactive ketones (excluding diaryl/α,β-unsaturated/α-hetero) is 1. The number of hydrogen-bond acceptors (Lipinski definition) is 6. The smallest absolute Gasteiger partial charge is 0.374 e. The van der Waals surface area contributed by atoms with Gasteiger partial charge in [0, 0.05) is 40.1 Å². The minimum absolute atomic E-state index is 0.0313. The molecule has 0 amide bonds. The Labute approximate surface area is 202 Å². The summed E-state index contributed by atoms with van der Waals surface area (Å²) in [4.78, 5) is 30.1. The Morgan fingerprint density at radius 1 is 1.15 bits per heavy atom. The molecular weight excluding hydrogens is 492 g/mol. The molecule has 0 spiro atoms. The van der Waals surface area contributed by atoms with Crippen LogP contribution in [-0.2, 0) is 16.9 Å². The normalized spacial score (nSPS) is 17.9. The van der Waals surface area contributed by atoms with Crippen LogP contribution in [0, 0.1) is 6.92 Å². The van der Waals surface area contributed by atoms with Gasteiger partial charge in [-0.2, -0.15) is 13.2 Å². The van der Waals surface area contributed by atoms with Gasteiger partial charge in [-0.05, 0) is 43.7 Å². The van der Waals surface area contributed by atoms with Crippen molar-refractivity contribution in [2.24, 2.45) is 5.16 Å². The van der Waals surface area contributed by atoms with Gasteiger partial charge in [-0.1, -0.05) is 34.4 Å². The second-order valence-corrected chi connectivity index (χ2v) is 8.60. The van der Waals surface area contributed by atoms with E-state index in [1.807, 2.05) is 12.1 Å². The summed E-state index contributed by atoms with van der Waals surface area (Å²) >= 11 is 11.8. The number of oxime groups is 1. The molecule has 0 saturated carbocycles. The number of alkyl halides is 3. The number of aryl methyl sites for hydroxylation is 2. The SMILES string of the molecule is Cc1nc(C2=NOC(c3cc(Cl)cc(Cl)c3)(C(F)(F)F)C2)ncc1C(=O)CCc1ccccn1. The van der Waals surface area contributed by atoms with E-state index in [0.717, 1.165) is 17.8 Å². The molecule has 2 aromatic heterocycles. The van der Waals surface area contributed by atoms with E-state index >= 15 is 0 Å². The third-order valence-electron chi connectivity index (χ3n) is 5.39. The Balaban J connectivity index is 1.56.